The van der Waals surface area contributed by atoms with Gasteiger partial charge in [-0.2, -0.15) is 0 Å². The highest BCUT2D eigenvalue weighted by atomic mass is 16.5. The van der Waals surface area contributed by atoms with Crippen molar-refractivity contribution in [3.8, 4) is 11.5 Å². The fraction of sp³-hybridized carbons (Fsp3) is 0.300. The molecule has 0 saturated carbocycles. The van der Waals surface area contributed by atoms with Crippen molar-refractivity contribution in [1.82, 2.24) is 20.2 Å². The van der Waals surface area contributed by atoms with E-state index in [1.54, 1.807) is 25.5 Å². The van der Waals surface area contributed by atoms with Crippen LogP contribution in [0.4, 0.5) is 11.5 Å². The van der Waals surface area contributed by atoms with Crippen LogP contribution in [0.25, 0.3) is 17.0 Å². The van der Waals surface area contributed by atoms with Crippen LogP contribution in [-0.2, 0) is 16.1 Å². The monoisotopic (exact) mass is 543 g/mol. The number of furan rings is 1. The lowest BCUT2D eigenvalue weighted by atomic mass is 10.1. The molecule has 1 aliphatic rings. The van der Waals surface area contributed by atoms with Crippen LogP contribution in [0.2, 0.25) is 0 Å². The third-order valence-corrected chi connectivity index (χ3v) is 6.52. The van der Waals surface area contributed by atoms with E-state index in [1.165, 1.54) is 12.4 Å². The predicted octanol–water partition coefficient (Wildman–Crippen LogP) is 4.41. The summed E-state index contributed by atoms with van der Waals surface area (Å²) in [7, 11) is 1.63. The first kappa shape index (κ1) is 27.2. The maximum atomic E-state index is 12.1. The van der Waals surface area contributed by atoms with Crippen molar-refractivity contribution in [3.05, 3.63) is 78.5 Å². The van der Waals surface area contributed by atoms with Gasteiger partial charge in [-0.15, -0.1) is 0 Å². The minimum absolute atomic E-state index is 0.194. The Kier molecular flexibility index (Phi) is 9.23. The molecular formula is C30H33N5O5. The summed E-state index contributed by atoms with van der Waals surface area (Å²) in [5.74, 6) is 2.45. The highest BCUT2D eigenvalue weighted by Crippen LogP contribution is 2.34. The van der Waals surface area contributed by atoms with Crippen LogP contribution in [-0.4, -0.2) is 67.3 Å². The molecule has 0 radical (unpaired) electrons. The molecule has 1 saturated heterocycles. The fourth-order valence-electron chi connectivity index (χ4n) is 4.36. The van der Waals surface area contributed by atoms with Gasteiger partial charge in [0.05, 0.1) is 45.3 Å². The minimum Gasteiger partial charge on any atom is -0.493 e. The molecule has 40 heavy (non-hydrogen) atoms. The molecule has 2 aromatic heterocycles. The normalized spacial score (nSPS) is 13.9. The summed E-state index contributed by atoms with van der Waals surface area (Å²) in [6.45, 7) is 5.43. The Hall–Kier alpha value is -4.41. The second kappa shape index (κ2) is 13.6. The van der Waals surface area contributed by atoms with E-state index >= 15 is 0 Å². The quantitative estimate of drug-likeness (QED) is 0.198. The number of nitrogens with one attached hydrogen (secondary N) is 2. The summed E-state index contributed by atoms with van der Waals surface area (Å²) in [4.78, 5) is 23.4. The molecule has 5 rings (SSSR count). The molecule has 4 aromatic rings. The van der Waals surface area contributed by atoms with Crippen molar-refractivity contribution < 1.29 is 23.4 Å². The number of benzene rings is 2. The number of carbonyl (C=O) groups is 1. The number of nitrogens with zero attached hydrogens (tertiary/aromatic N) is 3. The van der Waals surface area contributed by atoms with E-state index in [0.29, 0.717) is 36.2 Å². The van der Waals surface area contributed by atoms with Gasteiger partial charge in [-0.1, -0.05) is 12.1 Å². The smallest absolute Gasteiger partial charge is 0.244 e. The lowest BCUT2D eigenvalue weighted by molar-refractivity contribution is -0.116. The molecule has 2 N–H and O–H groups in total. The van der Waals surface area contributed by atoms with E-state index < -0.39 is 0 Å². The van der Waals surface area contributed by atoms with Crippen molar-refractivity contribution >= 4 is 34.4 Å². The van der Waals surface area contributed by atoms with Gasteiger partial charge in [0.15, 0.2) is 11.5 Å². The Morgan fingerprint density at radius 3 is 2.73 bits per heavy atom. The molecule has 1 fully saturated rings. The van der Waals surface area contributed by atoms with E-state index in [9.17, 15) is 4.79 Å². The van der Waals surface area contributed by atoms with Gasteiger partial charge < -0.3 is 29.3 Å². The SMILES string of the molecule is COc1cc2c(Nc3ccc(/C=C/C(=O)NCc4ccco4)cc3)ncnc2cc1OCCCN1CCOCC1. The standard InChI is InChI=1S/C30H33N5O5/c1-37-27-18-25-26(19-28(27)40-15-3-11-35-12-16-38-17-13-35)32-21-33-30(25)34-23-8-5-22(6-9-23)7-10-29(36)31-20-24-4-2-14-39-24/h2,4-10,14,18-19,21H,3,11-13,15-17,20H2,1H3,(H,31,36)(H,32,33,34)/b10-7+. The predicted molar refractivity (Wildman–Crippen MR) is 153 cm³/mol. The van der Waals surface area contributed by atoms with Gasteiger partial charge in [0.2, 0.25) is 5.91 Å². The second-order valence-electron chi connectivity index (χ2n) is 9.28. The number of hydrogen-bond donors (Lipinski definition) is 2. The summed E-state index contributed by atoms with van der Waals surface area (Å²) in [6.07, 6.45) is 7.28. The zero-order valence-electron chi connectivity index (χ0n) is 22.5. The van der Waals surface area contributed by atoms with Crippen LogP contribution in [0.1, 0.15) is 17.7 Å². The number of amides is 1. The third kappa shape index (κ3) is 7.37. The van der Waals surface area contributed by atoms with Crippen LogP contribution in [0.5, 0.6) is 11.5 Å². The van der Waals surface area contributed by atoms with Gasteiger partial charge in [0.1, 0.15) is 17.9 Å². The molecule has 2 aromatic carbocycles. The number of aromatic nitrogens is 2. The van der Waals surface area contributed by atoms with Crippen LogP contribution in [0, 0.1) is 0 Å². The number of ether oxygens (including phenoxy) is 3. The van der Waals surface area contributed by atoms with Gasteiger partial charge in [0, 0.05) is 42.9 Å². The fourth-order valence-corrected chi connectivity index (χ4v) is 4.36. The first-order chi connectivity index (χ1) is 19.7. The van der Waals surface area contributed by atoms with Crippen molar-refractivity contribution in [3.63, 3.8) is 0 Å². The number of hydrogen-bond acceptors (Lipinski definition) is 9. The van der Waals surface area contributed by atoms with Crippen molar-refractivity contribution in [1.29, 1.82) is 0 Å². The summed E-state index contributed by atoms with van der Waals surface area (Å²) in [5.41, 5.74) is 2.49. The Labute approximate surface area is 233 Å². The van der Waals surface area contributed by atoms with Crippen molar-refractivity contribution in [2.75, 3.05) is 51.9 Å². The first-order valence-electron chi connectivity index (χ1n) is 13.3. The lowest BCUT2D eigenvalue weighted by Crippen LogP contribution is -2.37. The molecular weight excluding hydrogens is 510 g/mol. The molecule has 1 aliphatic heterocycles. The number of carbonyl (C=O) groups excluding carboxylic acids is 1. The largest absolute Gasteiger partial charge is 0.493 e. The third-order valence-electron chi connectivity index (χ3n) is 6.52. The average molecular weight is 544 g/mol. The first-order valence-corrected chi connectivity index (χ1v) is 13.3. The van der Waals surface area contributed by atoms with Crippen LogP contribution in [0.15, 0.2) is 71.6 Å². The van der Waals surface area contributed by atoms with Gasteiger partial charge >= 0.3 is 0 Å². The molecule has 0 unspecified atom stereocenters. The molecule has 0 aliphatic carbocycles. The molecule has 10 heteroatoms. The highest BCUT2D eigenvalue weighted by molar-refractivity contribution is 5.93. The Morgan fingerprint density at radius 2 is 1.95 bits per heavy atom. The zero-order valence-corrected chi connectivity index (χ0v) is 22.5. The van der Waals surface area contributed by atoms with Gasteiger partial charge in [-0.05, 0) is 48.4 Å². The van der Waals surface area contributed by atoms with E-state index in [1.807, 2.05) is 42.5 Å². The zero-order chi connectivity index (χ0) is 27.6. The van der Waals surface area contributed by atoms with E-state index in [0.717, 1.165) is 61.4 Å². The molecule has 0 spiro atoms. The van der Waals surface area contributed by atoms with E-state index in [4.69, 9.17) is 18.6 Å². The Balaban J connectivity index is 1.19. The van der Waals surface area contributed by atoms with Gasteiger partial charge in [-0.25, -0.2) is 9.97 Å². The minimum atomic E-state index is -0.194. The van der Waals surface area contributed by atoms with E-state index in [-0.39, 0.29) is 5.91 Å². The van der Waals surface area contributed by atoms with Crippen molar-refractivity contribution in [2.24, 2.45) is 0 Å². The number of methoxy groups -OCH3 is 1. The van der Waals surface area contributed by atoms with E-state index in [2.05, 4.69) is 25.5 Å². The van der Waals surface area contributed by atoms with Gasteiger partial charge in [0.25, 0.3) is 0 Å². The maximum absolute atomic E-state index is 12.1. The summed E-state index contributed by atoms with van der Waals surface area (Å²) >= 11 is 0. The molecule has 0 atom stereocenters. The van der Waals surface area contributed by atoms with Gasteiger partial charge in [-0.3, -0.25) is 9.69 Å². The van der Waals surface area contributed by atoms with Crippen LogP contribution < -0.4 is 20.1 Å². The lowest BCUT2D eigenvalue weighted by Gasteiger charge is -2.26. The summed E-state index contributed by atoms with van der Waals surface area (Å²) in [6, 6.07) is 15.1. The Morgan fingerprint density at radius 1 is 1.10 bits per heavy atom. The topological polar surface area (TPSA) is 111 Å². The molecule has 208 valence electrons. The number of rotatable bonds is 12. The molecule has 3 heterocycles. The van der Waals surface area contributed by atoms with Crippen LogP contribution >= 0.6 is 0 Å². The highest BCUT2D eigenvalue weighted by Gasteiger charge is 2.13. The maximum Gasteiger partial charge on any atom is 0.244 e. The number of anilines is 2. The summed E-state index contributed by atoms with van der Waals surface area (Å²) in [5, 5.41) is 6.96. The van der Waals surface area contributed by atoms with Crippen LogP contribution in [0.3, 0.4) is 0 Å². The molecule has 10 nitrogen and oxygen atoms in total. The Bertz CT molecular complexity index is 1420. The molecule has 0 bridgehead atoms. The second-order valence-corrected chi connectivity index (χ2v) is 9.28. The number of fused-ring (bicyclic) bond motifs is 1. The molecule has 1 amide bonds. The number of morpholine rings is 1. The average Bonchev–Trinajstić information content (AvgIpc) is 3.52. The van der Waals surface area contributed by atoms with Crippen molar-refractivity contribution in [2.45, 2.75) is 13.0 Å². The summed E-state index contributed by atoms with van der Waals surface area (Å²) < 4.78 is 22.3.